The van der Waals surface area contributed by atoms with Crippen molar-refractivity contribution in [3.8, 4) is 17.2 Å². The van der Waals surface area contributed by atoms with Gasteiger partial charge in [-0.15, -0.1) is 11.3 Å². The molecule has 3 aromatic rings. The molecule has 0 amide bonds. The van der Waals surface area contributed by atoms with Gasteiger partial charge in [0.1, 0.15) is 22.7 Å². The van der Waals surface area contributed by atoms with E-state index in [1.54, 1.807) is 39.0 Å². The molecule has 0 fully saturated rings. The molecule has 7 heteroatoms. The summed E-state index contributed by atoms with van der Waals surface area (Å²) in [7, 11) is 4.91. The van der Waals surface area contributed by atoms with Crippen molar-refractivity contribution >= 4 is 27.4 Å². The number of nitrogens with zero attached hydrogens (tertiary/aromatic N) is 2. The fraction of sp³-hybridized carbons (Fsp3) is 0.429. The number of nitrogens with one attached hydrogen (secondary N) is 1. The number of rotatable bonds is 6. The Hall–Kier alpha value is -2.54. The number of aromatic nitrogens is 2. The van der Waals surface area contributed by atoms with Crippen molar-refractivity contribution in [3.63, 3.8) is 0 Å². The molecule has 0 saturated heterocycles. The van der Waals surface area contributed by atoms with Gasteiger partial charge < -0.3 is 19.5 Å². The van der Waals surface area contributed by atoms with E-state index in [4.69, 9.17) is 14.2 Å². The molecule has 0 spiro atoms. The van der Waals surface area contributed by atoms with Crippen LogP contribution in [0.1, 0.15) is 29.3 Å². The van der Waals surface area contributed by atoms with Crippen molar-refractivity contribution < 1.29 is 14.2 Å². The topological polar surface area (TPSA) is 65.5 Å². The van der Waals surface area contributed by atoms with Crippen LogP contribution in [0.2, 0.25) is 0 Å². The first-order valence-electron chi connectivity index (χ1n) is 9.42. The normalized spacial score (nSPS) is 15.9. The van der Waals surface area contributed by atoms with Crippen LogP contribution in [0.4, 0.5) is 5.82 Å². The van der Waals surface area contributed by atoms with Crippen LogP contribution in [0.15, 0.2) is 18.5 Å². The monoisotopic (exact) mass is 399 g/mol. The van der Waals surface area contributed by atoms with Gasteiger partial charge in [-0.1, -0.05) is 6.92 Å². The molecule has 28 heavy (non-hydrogen) atoms. The van der Waals surface area contributed by atoms with E-state index in [1.807, 2.05) is 12.1 Å². The summed E-state index contributed by atoms with van der Waals surface area (Å²) in [6.07, 6.45) is 5.09. The molecule has 1 N–H and O–H groups in total. The molecule has 148 valence electrons. The van der Waals surface area contributed by atoms with Crippen LogP contribution in [0.3, 0.4) is 0 Å². The van der Waals surface area contributed by atoms with Gasteiger partial charge in [0.25, 0.3) is 0 Å². The lowest BCUT2D eigenvalue weighted by molar-refractivity contribution is 0.347. The van der Waals surface area contributed by atoms with Crippen LogP contribution in [0.25, 0.3) is 10.2 Å². The van der Waals surface area contributed by atoms with E-state index in [9.17, 15) is 0 Å². The van der Waals surface area contributed by atoms with Crippen molar-refractivity contribution in [2.45, 2.75) is 32.7 Å². The molecule has 0 aliphatic heterocycles. The van der Waals surface area contributed by atoms with Crippen LogP contribution in [0.5, 0.6) is 17.2 Å². The average Bonchev–Trinajstić information content (AvgIpc) is 3.09. The summed E-state index contributed by atoms with van der Waals surface area (Å²) < 4.78 is 16.4. The van der Waals surface area contributed by atoms with Crippen LogP contribution >= 0.6 is 11.3 Å². The second-order valence-electron chi connectivity index (χ2n) is 7.13. The molecule has 1 aromatic carbocycles. The minimum absolute atomic E-state index is 0.566. The van der Waals surface area contributed by atoms with E-state index in [-0.39, 0.29) is 0 Å². The molecule has 6 nitrogen and oxygen atoms in total. The third kappa shape index (κ3) is 3.35. The summed E-state index contributed by atoms with van der Waals surface area (Å²) in [6, 6.07) is 3.78. The molecule has 1 aliphatic carbocycles. The molecule has 2 aromatic heterocycles. The number of ether oxygens (including phenoxy) is 3. The van der Waals surface area contributed by atoms with Crippen molar-refractivity contribution in [1.29, 1.82) is 0 Å². The summed E-state index contributed by atoms with van der Waals surface area (Å²) in [5, 5.41) is 4.67. The minimum Gasteiger partial charge on any atom is -0.496 e. The second-order valence-corrected chi connectivity index (χ2v) is 8.21. The van der Waals surface area contributed by atoms with Gasteiger partial charge in [0.05, 0.1) is 26.7 Å². The molecule has 0 saturated carbocycles. The van der Waals surface area contributed by atoms with Crippen LogP contribution in [-0.4, -0.2) is 31.3 Å². The zero-order valence-electron chi connectivity index (χ0n) is 16.7. The van der Waals surface area contributed by atoms with E-state index in [1.165, 1.54) is 22.2 Å². The fourth-order valence-electron chi connectivity index (χ4n) is 3.82. The summed E-state index contributed by atoms with van der Waals surface area (Å²) in [4.78, 5) is 11.6. The standard InChI is InChI=1S/C21H25N3O3S/c1-12-5-6-14-18(7-12)28-21-19(14)20(23-11-24-21)22-10-13-8-16(26-3)17(27-4)9-15(13)25-2/h8-9,11-12H,5-7,10H2,1-4H3,(H,22,23,24)/t12-/m1/s1. The summed E-state index contributed by atoms with van der Waals surface area (Å²) in [5.74, 6) is 3.69. The first kappa shape index (κ1) is 18.8. The van der Waals surface area contributed by atoms with Crippen molar-refractivity contribution in [3.05, 3.63) is 34.5 Å². The Morgan fingerprint density at radius 3 is 2.57 bits per heavy atom. The number of hydrogen-bond acceptors (Lipinski definition) is 7. The number of methoxy groups -OCH3 is 3. The second kappa shape index (κ2) is 7.83. The largest absolute Gasteiger partial charge is 0.496 e. The van der Waals surface area contributed by atoms with Crippen molar-refractivity contribution in [1.82, 2.24) is 9.97 Å². The Morgan fingerprint density at radius 2 is 1.82 bits per heavy atom. The van der Waals surface area contributed by atoms with Gasteiger partial charge in [-0.3, -0.25) is 0 Å². The highest BCUT2D eigenvalue weighted by molar-refractivity contribution is 7.19. The minimum atomic E-state index is 0.566. The first-order valence-corrected chi connectivity index (χ1v) is 10.2. The van der Waals surface area contributed by atoms with E-state index >= 15 is 0 Å². The zero-order valence-corrected chi connectivity index (χ0v) is 17.5. The quantitative estimate of drug-likeness (QED) is 0.660. The predicted molar refractivity (Wildman–Crippen MR) is 112 cm³/mol. The number of aryl methyl sites for hydroxylation is 1. The van der Waals surface area contributed by atoms with Crippen molar-refractivity contribution in [2.75, 3.05) is 26.6 Å². The van der Waals surface area contributed by atoms with E-state index in [0.29, 0.717) is 18.0 Å². The highest BCUT2D eigenvalue weighted by Crippen LogP contribution is 2.40. The number of hydrogen-bond donors (Lipinski definition) is 1. The van der Waals surface area contributed by atoms with Gasteiger partial charge in [0.2, 0.25) is 0 Å². The first-order chi connectivity index (χ1) is 13.6. The molecule has 4 rings (SSSR count). The molecule has 0 unspecified atom stereocenters. The highest BCUT2D eigenvalue weighted by atomic mass is 32.1. The zero-order chi connectivity index (χ0) is 19.7. The average molecular weight is 400 g/mol. The van der Waals surface area contributed by atoms with Gasteiger partial charge in [0.15, 0.2) is 11.5 Å². The molecule has 0 bridgehead atoms. The Kier molecular flexibility index (Phi) is 5.26. The van der Waals surface area contributed by atoms with Gasteiger partial charge >= 0.3 is 0 Å². The van der Waals surface area contributed by atoms with Gasteiger partial charge in [-0.2, -0.15) is 0 Å². The molecular weight excluding hydrogens is 374 g/mol. The fourth-order valence-corrected chi connectivity index (χ4v) is 5.17. The maximum Gasteiger partial charge on any atom is 0.164 e. The lowest BCUT2D eigenvalue weighted by atomic mass is 9.89. The number of fused-ring (bicyclic) bond motifs is 3. The lowest BCUT2D eigenvalue weighted by Crippen LogP contribution is -2.09. The Morgan fingerprint density at radius 1 is 1.07 bits per heavy atom. The summed E-state index contributed by atoms with van der Waals surface area (Å²) in [5.41, 5.74) is 2.39. The van der Waals surface area contributed by atoms with E-state index < -0.39 is 0 Å². The third-order valence-corrected chi connectivity index (χ3v) is 6.49. The van der Waals surface area contributed by atoms with Crippen molar-refractivity contribution in [2.24, 2.45) is 5.92 Å². The molecule has 1 aliphatic rings. The summed E-state index contributed by atoms with van der Waals surface area (Å²) >= 11 is 1.81. The number of thiophene rings is 1. The Bertz CT molecular complexity index is 1000. The molecule has 1 atom stereocenters. The van der Waals surface area contributed by atoms with Gasteiger partial charge in [0, 0.05) is 23.1 Å². The molecule has 2 heterocycles. The van der Waals surface area contributed by atoms with E-state index in [2.05, 4.69) is 22.2 Å². The Labute approximate surface area is 168 Å². The smallest absolute Gasteiger partial charge is 0.164 e. The maximum absolute atomic E-state index is 5.54. The van der Waals surface area contributed by atoms with Crippen LogP contribution < -0.4 is 19.5 Å². The Balaban J connectivity index is 1.66. The maximum atomic E-state index is 5.54. The lowest BCUT2D eigenvalue weighted by Gasteiger charge is -2.18. The van der Waals surface area contributed by atoms with Crippen LogP contribution in [0, 0.1) is 5.92 Å². The SMILES string of the molecule is COc1cc(OC)c(OC)cc1CNc1ncnc2sc3c(c12)CC[C@@H](C)C3. The molecule has 0 radical (unpaired) electrons. The van der Waals surface area contributed by atoms with Gasteiger partial charge in [-0.05, 0) is 36.8 Å². The van der Waals surface area contributed by atoms with E-state index in [0.717, 1.165) is 40.7 Å². The number of anilines is 1. The molecular formula is C21H25N3O3S. The summed E-state index contributed by atoms with van der Waals surface area (Å²) in [6.45, 7) is 2.89. The predicted octanol–water partition coefficient (Wildman–Crippen LogP) is 4.45. The number of benzene rings is 1. The van der Waals surface area contributed by atoms with Crippen LogP contribution in [-0.2, 0) is 19.4 Å². The van der Waals surface area contributed by atoms with Gasteiger partial charge in [-0.25, -0.2) is 9.97 Å². The highest BCUT2D eigenvalue weighted by Gasteiger charge is 2.23. The third-order valence-electron chi connectivity index (χ3n) is 5.32.